The molecule has 1 aromatic heterocycles. The van der Waals surface area contributed by atoms with E-state index in [1.54, 1.807) is 0 Å². The first-order valence-corrected chi connectivity index (χ1v) is 14.8. The summed E-state index contributed by atoms with van der Waals surface area (Å²) in [5.41, 5.74) is 12.5. The Hall–Kier alpha value is -5.34. The summed E-state index contributed by atoms with van der Waals surface area (Å²) in [4.78, 5) is 10.5. The van der Waals surface area contributed by atoms with Gasteiger partial charge in [0, 0.05) is 27.7 Å². The van der Waals surface area contributed by atoms with Gasteiger partial charge in [0.1, 0.15) is 0 Å². The lowest BCUT2D eigenvalue weighted by Gasteiger charge is -2.23. The SMILES string of the molecule is CC1(C)c2ccccc2-c2nc(-c3cccc(-c4ccc5cc(-c6ccccc6)ccc5c4)c3)nc(-c3ccccc3)c21. The molecule has 0 radical (unpaired) electrons. The average molecular weight is 551 g/mol. The highest BCUT2D eigenvalue weighted by atomic mass is 14.9. The van der Waals surface area contributed by atoms with E-state index in [0.29, 0.717) is 0 Å². The maximum atomic E-state index is 5.28. The number of nitrogens with zero attached hydrogens (tertiary/aromatic N) is 2. The van der Waals surface area contributed by atoms with Crippen molar-refractivity contribution >= 4 is 10.8 Å². The zero-order valence-corrected chi connectivity index (χ0v) is 24.3. The molecule has 1 aliphatic carbocycles. The fourth-order valence-electron chi connectivity index (χ4n) is 6.62. The molecule has 1 heterocycles. The van der Waals surface area contributed by atoms with E-state index in [1.807, 2.05) is 0 Å². The van der Waals surface area contributed by atoms with Crippen molar-refractivity contribution in [1.29, 1.82) is 0 Å². The van der Waals surface area contributed by atoms with E-state index in [1.165, 1.54) is 44.2 Å². The van der Waals surface area contributed by atoms with Crippen LogP contribution in [-0.2, 0) is 5.41 Å². The third kappa shape index (κ3) is 4.26. The van der Waals surface area contributed by atoms with Crippen molar-refractivity contribution in [1.82, 2.24) is 9.97 Å². The molecular weight excluding hydrogens is 520 g/mol. The van der Waals surface area contributed by atoms with E-state index in [4.69, 9.17) is 9.97 Å². The van der Waals surface area contributed by atoms with Gasteiger partial charge in [0.15, 0.2) is 5.82 Å². The second kappa shape index (κ2) is 9.89. The molecule has 2 heteroatoms. The molecule has 204 valence electrons. The van der Waals surface area contributed by atoms with Crippen molar-refractivity contribution in [2.45, 2.75) is 19.3 Å². The van der Waals surface area contributed by atoms with Crippen molar-refractivity contribution in [2.24, 2.45) is 0 Å². The molecule has 0 bridgehead atoms. The van der Waals surface area contributed by atoms with Gasteiger partial charge < -0.3 is 0 Å². The highest BCUT2D eigenvalue weighted by Crippen LogP contribution is 2.51. The summed E-state index contributed by atoms with van der Waals surface area (Å²) in [7, 11) is 0. The molecular formula is C41H30N2. The molecule has 0 saturated carbocycles. The number of aromatic nitrogens is 2. The Labute approximate surface area is 252 Å². The van der Waals surface area contributed by atoms with E-state index in [-0.39, 0.29) is 5.41 Å². The minimum Gasteiger partial charge on any atom is -0.228 e. The Morgan fingerprint density at radius 3 is 1.67 bits per heavy atom. The van der Waals surface area contributed by atoms with Gasteiger partial charge in [-0.15, -0.1) is 0 Å². The van der Waals surface area contributed by atoms with Gasteiger partial charge in [-0.2, -0.15) is 0 Å². The summed E-state index contributed by atoms with van der Waals surface area (Å²) in [6.45, 7) is 4.58. The summed E-state index contributed by atoms with van der Waals surface area (Å²) in [6.07, 6.45) is 0. The normalized spacial score (nSPS) is 13.1. The molecule has 6 aromatic carbocycles. The standard InChI is InChI=1S/C41H30N2/c1-41(2)36-19-10-9-18-35(36)39-37(41)38(28-14-7-4-8-15-28)42-40(43-39)34-17-11-16-29(26-34)31-22-23-32-24-30(20-21-33(32)25-31)27-12-5-3-6-13-27/h3-26H,1-2H3. The molecule has 0 atom stereocenters. The van der Waals surface area contributed by atoms with Crippen LogP contribution in [0.4, 0.5) is 0 Å². The summed E-state index contributed by atoms with van der Waals surface area (Å²) in [5.74, 6) is 0.750. The van der Waals surface area contributed by atoms with Gasteiger partial charge in [-0.25, -0.2) is 9.97 Å². The van der Waals surface area contributed by atoms with Crippen LogP contribution in [0.25, 0.3) is 66.9 Å². The maximum absolute atomic E-state index is 5.28. The molecule has 1 aliphatic rings. The zero-order valence-electron chi connectivity index (χ0n) is 24.3. The van der Waals surface area contributed by atoms with Crippen molar-refractivity contribution in [3.63, 3.8) is 0 Å². The molecule has 0 spiro atoms. The third-order valence-corrected chi connectivity index (χ3v) is 8.84. The van der Waals surface area contributed by atoms with Crippen LogP contribution in [0.5, 0.6) is 0 Å². The molecule has 43 heavy (non-hydrogen) atoms. The van der Waals surface area contributed by atoms with Gasteiger partial charge in [0.05, 0.1) is 11.4 Å². The van der Waals surface area contributed by atoms with Crippen LogP contribution in [0, 0.1) is 0 Å². The lowest BCUT2D eigenvalue weighted by molar-refractivity contribution is 0.658. The van der Waals surface area contributed by atoms with E-state index in [9.17, 15) is 0 Å². The average Bonchev–Trinajstić information content (AvgIpc) is 3.31. The highest BCUT2D eigenvalue weighted by Gasteiger charge is 2.39. The van der Waals surface area contributed by atoms with Gasteiger partial charge in [-0.05, 0) is 56.8 Å². The Kier molecular flexibility index (Phi) is 5.84. The first kappa shape index (κ1) is 25.4. The Morgan fingerprint density at radius 1 is 0.419 bits per heavy atom. The van der Waals surface area contributed by atoms with E-state index < -0.39 is 0 Å². The smallest absolute Gasteiger partial charge is 0.160 e. The topological polar surface area (TPSA) is 25.8 Å². The van der Waals surface area contributed by atoms with E-state index in [2.05, 4.69) is 159 Å². The van der Waals surface area contributed by atoms with Crippen molar-refractivity contribution in [3.8, 4) is 56.2 Å². The van der Waals surface area contributed by atoms with Crippen LogP contribution >= 0.6 is 0 Å². The summed E-state index contributed by atoms with van der Waals surface area (Å²) in [6, 6.07) is 51.8. The van der Waals surface area contributed by atoms with Crippen molar-refractivity contribution in [2.75, 3.05) is 0 Å². The fourth-order valence-corrected chi connectivity index (χ4v) is 6.62. The Morgan fingerprint density at radius 2 is 0.953 bits per heavy atom. The summed E-state index contributed by atoms with van der Waals surface area (Å²) in [5, 5.41) is 2.46. The van der Waals surface area contributed by atoms with Gasteiger partial charge in [0.2, 0.25) is 0 Å². The number of rotatable bonds is 4. The number of fused-ring (bicyclic) bond motifs is 4. The minimum atomic E-state index is -0.192. The second-order valence-electron chi connectivity index (χ2n) is 11.9. The molecule has 0 aliphatic heterocycles. The molecule has 0 amide bonds. The lowest BCUT2D eigenvalue weighted by atomic mass is 9.81. The number of hydrogen-bond acceptors (Lipinski definition) is 2. The summed E-state index contributed by atoms with van der Waals surface area (Å²) < 4.78 is 0. The van der Waals surface area contributed by atoms with Crippen LogP contribution in [0.3, 0.4) is 0 Å². The summed E-state index contributed by atoms with van der Waals surface area (Å²) >= 11 is 0. The monoisotopic (exact) mass is 550 g/mol. The van der Waals surface area contributed by atoms with Crippen LogP contribution in [0.2, 0.25) is 0 Å². The second-order valence-corrected chi connectivity index (χ2v) is 11.9. The van der Waals surface area contributed by atoms with Gasteiger partial charge in [0.25, 0.3) is 0 Å². The largest absolute Gasteiger partial charge is 0.228 e. The molecule has 0 fully saturated rings. The maximum Gasteiger partial charge on any atom is 0.160 e. The number of benzene rings is 6. The van der Waals surface area contributed by atoms with E-state index in [0.717, 1.165) is 33.9 Å². The first-order chi connectivity index (χ1) is 21.1. The molecule has 2 nitrogen and oxygen atoms in total. The Bertz CT molecular complexity index is 2140. The molecule has 0 N–H and O–H groups in total. The quantitative estimate of drug-likeness (QED) is 0.218. The minimum absolute atomic E-state index is 0.192. The molecule has 0 saturated heterocycles. The van der Waals surface area contributed by atoms with Gasteiger partial charge in [-0.1, -0.05) is 141 Å². The Balaban J connectivity index is 1.24. The van der Waals surface area contributed by atoms with Crippen LogP contribution in [-0.4, -0.2) is 9.97 Å². The van der Waals surface area contributed by atoms with Crippen LogP contribution in [0.1, 0.15) is 25.0 Å². The van der Waals surface area contributed by atoms with Crippen molar-refractivity contribution < 1.29 is 0 Å². The first-order valence-electron chi connectivity index (χ1n) is 14.8. The fraction of sp³-hybridized carbons (Fsp3) is 0.0732. The van der Waals surface area contributed by atoms with Crippen LogP contribution < -0.4 is 0 Å². The predicted octanol–water partition coefficient (Wildman–Crippen LogP) is 10.6. The predicted molar refractivity (Wildman–Crippen MR) is 179 cm³/mol. The number of hydrogen-bond donors (Lipinski definition) is 0. The van der Waals surface area contributed by atoms with Gasteiger partial charge >= 0.3 is 0 Å². The molecule has 0 unspecified atom stereocenters. The molecule has 7 aromatic rings. The zero-order chi connectivity index (χ0) is 29.0. The van der Waals surface area contributed by atoms with Gasteiger partial charge in [-0.3, -0.25) is 0 Å². The molecule has 8 rings (SSSR count). The third-order valence-electron chi connectivity index (χ3n) is 8.84. The van der Waals surface area contributed by atoms with Crippen LogP contribution in [0.15, 0.2) is 146 Å². The van der Waals surface area contributed by atoms with Crippen molar-refractivity contribution in [3.05, 3.63) is 157 Å². The lowest BCUT2D eigenvalue weighted by Crippen LogP contribution is -2.17. The van der Waals surface area contributed by atoms with E-state index >= 15 is 0 Å². The highest BCUT2D eigenvalue weighted by molar-refractivity contribution is 5.91.